The van der Waals surface area contributed by atoms with Crippen LogP contribution in [0.25, 0.3) is 11.0 Å². The summed E-state index contributed by atoms with van der Waals surface area (Å²) >= 11 is 1.33. The lowest BCUT2D eigenvalue weighted by Gasteiger charge is -2.08. The van der Waals surface area contributed by atoms with E-state index >= 15 is 0 Å². The smallest absolute Gasteiger partial charge is 0.341 e. The highest BCUT2D eigenvalue weighted by Crippen LogP contribution is 2.29. The van der Waals surface area contributed by atoms with E-state index in [1.807, 2.05) is 6.92 Å². The number of rotatable bonds is 7. The summed E-state index contributed by atoms with van der Waals surface area (Å²) < 4.78 is 15.6. The highest BCUT2D eigenvalue weighted by atomic mass is 32.1. The van der Waals surface area contributed by atoms with E-state index in [2.05, 4.69) is 5.32 Å². The van der Waals surface area contributed by atoms with Crippen LogP contribution in [0.5, 0.6) is 5.75 Å². The van der Waals surface area contributed by atoms with Gasteiger partial charge in [0.05, 0.1) is 12.2 Å². The maximum Gasteiger partial charge on any atom is 0.341 e. The van der Waals surface area contributed by atoms with Gasteiger partial charge in [0.2, 0.25) is 0 Å². The fourth-order valence-electron chi connectivity index (χ4n) is 2.51. The van der Waals surface area contributed by atoms with Crippen LogP contribution in [0.2, 0.25) is 0 Å². The molecule has 1 aromatic carbocycles. The summed E-state index contributed by atoms with van der Waals surface area (Å²) in [5, 5.41) is 3.89. The molecular formula is C20H19NO6S. The first-order valence-electron chi connectivity index (χ1n) is 8.76. The van der Waals surface area contributed by atoms with Crippen molar-refractivity contribution >= 4 is 39.2 Å². The number of carbonyl (C=O) groups is 2. The Hall–Kier alpha value is -3.13. The van der Waals surface area contributed by atoms with Crippen molar-refractivity contribution in [1.29, 1.82) is 0 Å². The Labute approximate surface area is 164 Å². The molecule has 0 saturated heterocycles. The SMILES string of the molecule is CCOC(=O)c1cc(CC)sc1NC(=O)COc1ccc2ccc(=O)oc2c1. The maximum atomic E-state index is 12.3. The standard InChI is InChI=1S/C20H19NO6S/c1-3-14-10-15(20(24)25-4-2)19(28-14)21-17(22)11-26-13-7-5-12-6-8-18(23)27-16(12)9-13/h5-10H,3-4,11H2,1-2H3,(H,21,22). The molecule has 0 fully saturated rings. The van der Waals surface area contributed by atoms with Crippen LogP contribution in [-0.2, 0) is 16.0 Å². The lowest BCUT2D eigenvalue weighted by Crippen LogP contribution is -2.21. The third-order valence-electron chi connectivity index (χ3n) is 3.84. The second-order valence-electron chi connectivity index (χ2n) is 5.82. The number of hydrogen-bond donors (Lipinski definition) is 1. The molecule has 146 valence electrons. The average Bonchev–Trinajstić information content (AvgIpc) is 3.09. The molecule has 0 atom stereocenters. The van der Waals surface area contributed by atoms with E-state index in [9.17, 15) is 14.4 Å². The average molecular weight is 401 g/mol. The maximum absolute atomic E-state index is 12.3. The predicted molar refractivity (Wildman–Crippen MR) is 106 cm³/mol. The van der Waals surface area contributed by atoms with Crippen LogP contribution in [0.15, 0.2) is 45.6 Å². The van der Waals surface area contributed by atoms with Crippen LogP contribution in [0.3, 0.4) is 0 Å². The Morgan fingerprint density at radius 1 is 1.14 bits per heavy atom. The molecule has 3 rings (SSSR count). The summed E-state index contributed by atoms with van der Waals surface area (Å²) in [6.45, 7) is 3.69. The van der Waals surface area contributed by atoms with Gasteiger partial charge in [0.1, 0.15) is 16.3 Å². The van der Waals surface area contributed by atoms with E-state index in [0.717, 1.165) is 16.7 Å². The van der Waals surface area contributed by atoms with Gasteiger partial charge in [-0.1, -0.05) is 6.92 Å². The number of carbonyl (C=O) groups excluding carboxylic acids is 2. The van der Waals surface area contributed by atoms with Crippen molar-refractivity contribution in [1.82, 2.24) is 0 Å². The van der Waals surface area contributed by atoms with Gasteiger partial charge in [-0.25, -0.2) is 9.59 Å². The lowest BCUT2D eigenvalue weighted by atomic mass is 10.2. The molecule has 7 nitrogen and oxygen atoms in total. The van der Waals surface area contributed by atoms with Crippen LogP contribution in [0, 0.1) is 0 Å². The van der Waals surface area contributed by atoms with Crippen molar-refractivity contribution in [2.75, 3.05) is 18.5 Å². The van der Waals surface area contributed by atoms with Crippen LogP contribution >= 0.6 is 11.3 Å². The Morgan fingerprint density at radius 2 is 1.93 bits per heavy atom. The molecule has 0 bridgehead atoms. The molecule has 0 aliphatic carbocycles. The normalized spacial score (nSPS) is 10.6. The Balaban J connectivity index is 1.68. The molecule has 0 aliphatic rings. The summed E-state index contributed by atoms with van der Waals surface area (Å²) in [5.74, 6) is -0.494. The van der Waals surface area contributed by atoms with Crippen LogP contribution in [-0.4, -0.2) is 25.1 Å². The fourth-order valence-corrected chi connectivity index (χ4v) is 3.51. The minimum atomic E-state index is -0.473. The zero-order valence-corrected chi connectivity index (χ0v) is 16.3. The van der Waals surface area contributed by atoms with E-state index in [0.29, 0.717) is 21.9 Å². The first-order chi connectivity index (χ1) is 13.5. The van der Waals surface area contributed by atoms with Crippen molar-refractivity contribution in [2.45, 2.75) is 20.3 Å². The van der Waals surface area contributed by atoms with Gasteiger partial charge in [0.25, 0.3) is 5.91 Å². The van der Waals surface area contributed by atoms with Crippen molar-refractivity contribution in [3.8, 4) is 5.75 Å². The molecule has 1 N–H and O–H groups in total. The third kappa shape index (κ3) is 4.58. The second-order valence-corrected chi connectivity index (χ2v) is 6.96. The molecule has 2 heterocycles. The Bertz CT molecular complexity index is 1070. The Kier molecular flexibility index (Phi) is 6.10. The Morgan fingerprint density at radius 3 is 2.68 bits per heavy atom. The minimum absolute atomic E-state index is 0.255. The predicted octanol–water partition coefficient (Wildman–Crippen LogP) is 3.61. The van der Waals surface area contributed by atoms with Gasteiger partial charge in [-0.15, -0.1) is 11.3 Å². The first-order valence-corrected chi connectivity index (χ1v) is 9.58. The molecule has 8 heteroatoms. The molecule has 28 heavy (non-hydrogen) atoms. The number of fused-ring (bicyclic) bond motifs is 1. The third-order valence-corrected chi connectivity index (χ3v) is 5.04. The number of nitrogens with one attached hydrogen (secondary N) is 1. The van der Waals surface area contributed by atoms with Crippen LogP contribution < -0.4 is 15.7 Å². The van der Waals surface area contributed by atoms with Gasteiger partial charge in [-0.3, -0.25) is 4.79 Å². The lowest BCUT2D eigenvalue weighted by molar-refractivity contribution is -0.118. The van der Waals surface area contributed by atoms with Gasteiger partial charge < -0.3 is 19.2 Å². The minimum Gasteiger partial charge on any atom is -0.484 e. The van der Waals surface area contributed by atoms with E-state index in [4.69, 9.17) is 13.9 Å². The van der Waals surface area contributed by atoms with Crippen molar-refractivity contribution in [3.63, 3.8) is 0 Å². The highest BCUT2D eigenvalue weighted by molar-refractivity contribution is 7.16. The number of anilines is 1. The van der Waals surface area contributed by atoms with Gasteiger partial charge in [0.15, 0.2) is 6.61 Å². The van der Waals surface area contributed by atoms with Gasteiger partial charge >= 0.3 is 11.6 Å². The molecule has 0 aliphatic heterocycles. The molecule has 0 saturated carbocycles. The zero-order valence-electron chi connectivity index (χ0n) is 15.4. The monoisotopic (exact) mass is 401 g/mol. The molecule has 3 aromatic rings. The van der Waals surface area contributed by atoms with E-state index < -0.39 is 17.5 Å². The quantitative estimate of drug-likeness (QED) is 0.480. The first kappa shape index (κ1) is 19.6. The topological polar surface area (TPSA) is 94.8 Å². The number of hydrogen-bond acceptors (Lipinski definition) is 7. The molecule has 2 aromatic heterocycles. The molecule has 1 amide bonds. The fraction of sp³-hybridized carbons (Fsp3) is 0.250. The van der Waals surface area contributed by atoms with Crippen molar-refractivity contribution in [3.05, 3.63) is 57.3 Å². The largest absolute Gasteiger partial charge is 0.484 e. The number of ether oxygens (including phenoxy) is 2. The zero-order chi connectivity index (χ0) is 20.1. The molecule has 0 unspecified atom stereocenters. The molecule has 0 spiro atoms. The summed E-state index contributed by atoms with van der Waals surface area (Å²) in [7, 11) is 0. The molecule has 0 radical (unpaired) electrons. The number of thiophene rings is 1. The second kappa shape index (κ2) is 8.71. The number of benzene rings is 1. The number of esters is 1. The van der Waals surface area contributed by atoms with Gasteiger partial charge in [-0.2, -0.15) is 0 Å². The number of aryl methyl sites for hydroxylation is 1. The van der Waals surface area contributed by atoms with Gasteiger partial charge in [0, 0.05) is 22.4 Å². The van der Waals surface area contributed by atoms with Gasteiger partial charge in [-0.05, 0) is 37.6 Å². The van der Waals surface area contributed by atoms with E-state index in [1.165, 1.54) is 17.4 Å². The van der Waals surface area contributed by atoms with Crippen LogP contribution in [0.4, 0.5) is 5.00 Å². The van der Waals surface area contributed by atoms with E-state index in [1.54, 1.807) is 37.3 Å². The van der Waals surface area contributed by atoms with Crippen molar-refractivity contribution in [2.24, 2.45) is 0 Å². The summed E-state index contributed by atoms with van der Waals surface area (Å²) in [5.41, 5.74) is 0.253. The molecular weight excluding hydrogens is 382 g/mol. The van der Waals surface area contributed by atoms with Crippen LogP contribution in [0.1, 0.15) is 29.1 Å². The summed E-state index contributed by atoms with van der Waals surface area (Å²) in [4.78, 5) is 36.6. The highest BCUT2D eigenvalue weighted by Gasteiger charge is 2.18. The summed E-state index contributed by atoms with van der Waals surface area (Å²) in [6.07, 6.45) is 0.742. The van der Waals surface area contributed by atoms with Crippen molar-refractivity contribution < 1.29 is 23.5 Å². The van der Waals surface area contributed by atoms with E-state index in [-0.39, 0.29) is 13.2 Å². The summed E-state index contributed by atoms with van der Waals surface area (Å²) in [6, 6.07) is 9.68. The number of amides is 1.